The smallest absolute Gasteiger partial charge is 0.253 e. The Morgan fingerprint density at radius 1 is 1.04 bits per heavy atom. The van der Waals surface area contributed by atoms with E-state index in [-0.39, 0.29) is 30.1 Å². The lowest BCUT2D eigenvalue weighted by Gasteiger charge is -2.31. The minimum atomic E-state index is 0. The van der Waals surface area contributed by atoms with Crippen molar-refractivity contribution in [2.75, 3.05) is 25.5 Å². The summed E-state index contributed by atoms with van der Waals surface area (Å²) in [5.41, 5.74) is 1.44. The van der Waals surface area contributed by atoms with Crippen molar-refractivity contribution in [3.8, 4) is 0 Å². The Morgan fingerprint density at radius 2 is 1.73 bits per heavy atom. The molecule has 2 N–H and O–H groups in total. The normalized spacial score (nSPS) is 20.7. The standard InChI is InChI=1S/C20H29N3O2.ClH/c1-23(18-7-3-2-4-8-18)20(25)15-9-11-17(12-10-15)22-19(24)16-6-5-13-21-14-16;/h9-12,16,18,21H,2-8,13-14H2,1H3,(H,22,24);1H. The average molecular weight is 380 g/mol. The van der Waals surface area contributed by atoms with Gasteiger partial charge in [-0.2, -0.15) is 0 Å². The third-order valence-electron chi connectivity index (χ3n) is 5.51. The van der Waals surface area contributed by atoms with E-state index < -0.39 is 0 Å². The van der Waals surface area contributed by atoms with Crippen molar-refractivity contribution < 1.29 is 9.59 Å². The van der Waals surface area contributed by atoms with E-state index in [1.54, 1.807) is 0 Å². The van der Waals surface area contributed by atoms with Gasteiger partial charge in [-0.05, 0) is 56.5 Å². The molecule has 1 aromatic rings. The Morgan fingerprint density at radius 3 is 2.35 bits per heavy atom. The van der Waals surface area contributed by atoms with Crippen molar-refractivity contribution >= 4 is 29.9 Å². The zero-order valence-electron chi connectivity index (χ0n) is 15.5. The van der Waals surface area contributed by atoms with Gasteiger partial charge in [-0.15, -0.1) is 12.4 Å². The fourth-order valence-electron chi connectivity index (χ4n) is 3.85. The van der Waals surface area contributed by atoms with Crippen LogP contribution >= 0.6 is 12.4 Å². The van der Waals surface area contributed by atoms with E-state index in [9.17, 15) is 9.59 Å². The van der Waals surface area contributed by atoms with Crippen LogP contribution in [0.4, 0.5) is 5.69 Å². The molecule has 0 bridgehead atoms. The van der Waals surface area contributed by atoms with Crippen molar-refractivity contribution in [1.82, 2.24) is 10.2 Å². The lowest BCUT2D eigenvalue weighted by molar-refractivity contribution is -0.120. The summed E-state index contributed by atoms with van der Waals surface area (Å²) >= 11 is 0. The van der Waals surface area contributed by atoms with E-state index in [4.69, 9.17) is 0 Å². The van der Waals surface area contributed by atoms with Gasteiger partial charge in [-0.25, -0.2) is 0 Å². The molecule has 1 aliphatic carbocycles. The van der Waals surface area contributed by atoms with Gasteiger partial charge < -0.3 is 15.5 Å². The quantitative estimate of drug-likeness (QED) is 0.842. The number of nitrogens with zero attached hydrogens (tertiary/aromatic N) is 1. The SMILES string of the molecule is CN(C(=O)c1ccc(NC(=O)C2CCCNC2)cc1)C1CCCCC1.Cl. The second-order valence-corrected chi connectivity index (χ2v) is 7.32. The molecule has 0 aromatic heterocycles. The van der Waals surface area contributed by atoms with E-state index in [0.717, 1.165) is 44.5 Å². The van der Waals surface area contributed by atoms with Crippen molar-refractivity contribution in [2.45, 2.75) is 51.0 Å². The number of anilines is 1. The fourth-order valence-corrected chi connectivity index (χ4v) is 3.85. The Kier molecular flexibility index (Phi) is 7.91. The number of amides is 2. The van der Waals surface area contributed by atoms with Gasteiger partial charge in [0.2, 0.25) is 5.91 Å². The number of benzene rings is 1. The first-order valence-electron chi connectivity index (χ1n) is 9.54. The van der Waals surface area contributed by atoms with Crippen LogP contribution in [-0.2, 0) is 4.79 Å². The molecular formula is C20H30ClN3O2. The van der Waals surface area contributed by atoms with E-state index in [1.807, 2.05) is 36.2 Å². The summed E-state index contributed by atoms with van der Waals surface area (Å²) in [7, 11) is 1.91. The minimum Gasteiger partial charge on any atom is -0.339 e. The molecule has 144 valence electrons. The van der Waals surface area contributed by atoms with Crippen LogP contribution in [0.15, 0.2) is 24.3 Å². The van der Waals surface area contributed by atoms with Crippen molar-refractivity contribution in [3.05, 3.63) is 29.8 Å². The van der Waals surface area contributed by atoms with E-state index in [0.29, 0.717) is 11.6 Å². The molecule has 1 saturated carbocycles. The van der Waals surface area contributed by atoms with Gasteiger partial charge in [0.25, 0.3) is 5.91 Å². The van der Waals surface area contributed by atoms with Crippen LogP contribution in [-0.4, -0.2) is 42.9 Å². The van der Waals surface area contributed by atoms with E-state index in [2.05, 4.69) is 10.6 Å². The van der Waals surface area contributed by atoms with Gasteiger partial charge in [0.1, 0.15) is 0 Å². The summed E-state index contributed by atoms with van der Waals surface area (Å²) in [5.74, 6) is 0.166. The number of rotatable bonds is 4. The van der Waals surface area contributed by atoms with Crippen LogP contribution in [0.1, 0.15) is 55.3 Å². The maximum atomic E-state index is 12.7. The largest absolute Gasteiger partial charge is 0.339 e. The highest BCUT2D eigenvalue weighted by molar-refractivity contribution is 5.96. The van der Waals surface area contributed by atoms with E-state index >= 15 is 0 Å². The van der Waals surface area contributed by atoms with Gasteiger partial charge in [0.15, 0.2) is 0 Å². The first kappa shape index (κ1) is 20.7. The molecule has 3 rings (SSSR count). The Bertz CT molecular complexity index is 594. The van der Waals surface area contributed by atoms with E-state index in [1.165, 1.54) is 19.3 Å². The number of carbonyl (C=O) groups is 2. The van der Waals surface area contributed by atoms with Crippen LogP contribution in [0.5, 0.6) is 0 Å². The third-order valence-corrected chi connectivity index (χ3v) is 5.51. The molecular weight excluding hydrogens is 350 g/mol. The molecule has 6 heteroatoms. The van der Waals surface area contributed by atoms with Gasteiger partial charge in [0.05, 0.1) is 5.92 Å². The zero-order chi connectivity index (χ0) is 17.6. The minimum absolute atomic E-state index is 0. The molecule has 1 aromatic carbocycles. The molecule has 5 nitrogen and oxygen atoms in total. The lowest BCUT2D eigenvalue weighted by atomic mass is 9.94. The number of piperidine rings is 1. The number of hydrogen-bond acceptors (Lipinski definition) is 3. The first-order chi connectivity index (χ1) is 12.1. The lowest BCUT2D eigenvalue weighted by Crippen LogP contribution is -2.38. The number of nitrogens with one attached hydrogen (secondary N) is 2. The first-order valence-corrected chi connectivity index (χ1v) is 9.54. The molecule has 1 aliphatic heterocycles. The number of hydrogen-bond donors (Lipinski definition) is 2. The van der Waals surface area contributed by atoms with Crippen molar-refractivity contribution in [1.29, 1.82) is 0 Å². The monoisotopic (exact) mass is 379 g/mol. The van der Waals surface area contributed by atoms with Crippen LogP contribution in [0.3, 0.4) is 0 Å². The molecule has 2 aliphatic rings. The maximum absolute atomic E-state index is 12.7. The number of halogens is 1. The van der Waals surface area contributed by atoms with Gasteiger partial charge in [0, 0.05) is 30.9 Å². The molecule has 26 heavy (non-hydrogen) atoms. The highest BCUT2D eigenvalue weighted by Crippen LogP contribution is 2.23. The predicted octanol–water partition coefficient (Wildman–Crippen LogP) is 3.45. The molecule has 0 spiro atoms. The second kappa shape index (κ2) is 9.93. The summed E-state index contributed by atoms with van der Waals surface area (Å²) in [6.07, 6.45) is 7.88. The zero-order valence-corrected chi connectivity index (χ0v) is 16.3. The van der Waals surface area contributed by atoms with Crippen molar-refractivity contribution in [2.24, 2.45) is 5.92 Å². The summed E-state index contributed by atoms with van der Waals surface area (Å²) in [5, 5.41) is 6.22. The van der Waals surface area contributed by atoms with Crippen LogP contribution in [0.2, 0.25) is 0 Å². The van der Waals surface area contributed by atoms with Crippen molar-refractivity contribution in [3.63, 3.8) is 0 Å². The highest BCUT2D eigenvalue weighted by atomic mass is 35.5. The van der Waals surface area contributed by atoms with Gasteiger partial charge >= 0.3 is 0 Å². The number of carbonyl (C=O) groups excluding carboxylic acids is 2. The summed E-state index contributed by atoms with van der Waals surface area (Å²) in [6, 6.07) is 7.65. The molecule has 2 amide bonds. The topological polar surface area (TPSA) is 61.4 Å². The molecule has 1 atom stereocenters. The molecule has 2 fully saturated rings. The summed E-state index contributed by atoms with van der Waals surface area (Å²) in [6.45, 7) is 1.74. The summed E-state index contributed by atoms with van der Waals surface area (Å²) in [4.78, 5) is 26.8. The molecule has 0 radical (unpaired) electrons. The van der Waals surface area contributed by atoms with Crippen LogP contribution in [0, 0.1) is 5.92 Å². The van der Waals surface area contributed by atoms with Gasteiger partial charge in [-0.1, -0.05) is 19.3 Å². The Hall–Kier alpha value is -1.59. The molecule has 1 heterocycles. The predicted molar refractivity (Wildman–Crippen MR) is 107 cm³/mol. The Balaban J connectivity index is 0.00000243. The molecule has 1 unspecified atom stereocenters. The molecule has 1 saturated heterocycles. The highest BCUT2D eigenvalue weighted by Gasteiger charge is 2.23. The van der Waals surface area contributed by atoms with Crippen LogP contribution < -0.4 is 10.6 Å². The maximum Gasteiger partial charge on any atom is 0.253 e. The average Bonchev–Trinajstić information content (AvgIpc) is 2.69. The second-order valence-electron chi connectivity index (χ2n) is 7.32. The Labute approximate surface area is 162 Å². The third kappa shape index (κ3) is 5.21. The van der Waals surface area contributed by atoms with Crippen LogP contribution in [0.25, 0.3) is 0 Å². The fraction of sp³-hybridized carbons (Fsp3) is 0.600. The van der Waals surface area contributed by atoms with Gasteiger partial charge in [-0.3, -0.25) is 9.59 Å². The summed E-state index contributed by atoms with van der Waals surface area (Å²) < 4.78 is 0.